The average molecular weight is 284 g/mol. The summed E-state index contributed by atoms with van der Waals surface area (Å²) in [5.74, 6) is -1.48. The molecule has 2 aromatic rings. The second-order valence-corrected chi connectivity index (χ2v) is 4.50. The number of carbonyl (C=O) groups is 1. The van der Waals surface area contributed by atoms with E-state index in [0.717, 1.165) is 12.1 Å². The van der Waals surface area contributed by atoms with Crippen molar-refractivity contribution in [3.05, 3.63) is 35.8 Å². The van der Waals surface area contributed by atoms with Crippen LogP contribution in [0, 0.1) is 5.92 Å². The minimum absolute atomic E-state index is 0.0710. The van der Waals surface area contributed by atoms with Gasteiger partial charge >= 0.3 is 12.1 Å². The van der Waals surface area contributed by atoms with E-state index in [9.17, 15) is 18.0 Å². The summed E-state index contributed by atoms with van der Waals surface area (Å²) in [6.07, 6.45) is -2.97. The molecule has 1 N–H and O–H groups in total. The van der Waals surface area contributed by atoms with Gasteiger partial charge < -0.3 is 5.11 Å². The minimum Gasteiger partial charge on any atom is -0.481 e. The molecular formula is C13H11F3N2O2. The number of nitrogens with zero attached hydrogens (tertiary/aromatic N) is 2. The molecule has 106 valence electrons. The van der Waals surface area contributed by atoms with Crippen molar-refractivity contribution in [2.24, 2.45) is 5.92 Å². The predicted octanol–water partition coefficient (Wildman–Crippen LogP) is 2.91. The highest BCUT2D eigenvalue weighted by atomic mass is 19.4. The molecule has 0 amide bonds. The molecule has 0 radical (unpaired) electrons. The Hall–Kier alpha value is -2.18. The third-order valence-corrected chi connectivity index (χ3v) is 2.87. The number of halogens is 3. The van der Waals surface area contributed by atoms with Crippen molar-refractivity contribution in [2.45, 2.75) is 19.5 Å². The van der Waals surface area contributed by atoms with Crippen LogP contribution >= 0.6 is 0 Å². The summed E-state index contributed by atoms with van der Waals surface area (Å²) < 4.78 is 37.8. The van der Waals surface area contributed by atoms with Crippen LogP contribution in [0.2, 0.25) is 0 Å². The molecule has 0 fully saturated rings. The number of carboxylic acids is 1. The summed E-state index contributed by atoms with van der Waals surface area (Å²) in [6, 6.07) is 3.19. The van der Waals surface area contributed by atoms with Gasteiger partial charge in [-0.1, -0.05) is 13.0 Å². The average Bonchev–Trinajstić information content (AvgIpc) is 2.36. The van der Waals surface area contributed by atoms with Gasteiger partial charge in [0.25, 0.3) is 0 Å². The first-order valence-corrected chi connectivity index (χ1v) is 5.83. The van der Waals surface area contributed by atoms with Crippen molar-refractivity contribution in [3.8, 4) is 0 Å². The summed E-state index contributed by atoms with van der Waals surface area (Å²) in [5.41, 5.74) is -0.636. The van der Waals surface area contributed by atoms with Crippen molar-refractivity contribution in [3.63, 3.8) is 0 Å². The molecule has 4 nitrogen and oxygen atoms in total. The van der Waals surface area contributed by atoms with E-state index >= 15 is 0 Å². The normalized spacial score (nSPS) is 13.4. The van der Waals surface area contributed by atoms with Crippen LogP contribution in [0.1, 0.15) is 18.3 Å². The number of rotatable bonds is 3. The number of hydrogen-bond acceptors (Lipinski definition) is 3. The van der Waals surface area contributed by atoms with Gasteiger partial charge in [0.05, 0.1) is 17.0 Å². The van der Waals surface area contributed by atoms with Crippen LogP contribution in [0.25, 0.3) is 10.9 Å². The van der Waals surface area contributed by atoms with Crippen LogP contribution in [-0.4, -0.2) is 21.0 Å². The quantitative estimate of drug-likeness (QED) is 0.941. The Bertz CT molecular complexity index is 656. The Morgan fingerprint density at radius 3 is 2.70 bits per heavy atom. The van der Waals surface area contributed by atoms with Gasteiger partial charge in [-0.05, 0) is 12.1 Å². The maximum Gasteiger partial charge on any atom is 0.416 e. The third kappa shape index (κ3) is 3.04. The molecule has 0 aliphatic rings. The maximum absolute atomic E-state index is 12.6. The maximum atomic E-state index is 12.6. The molecule has 1 heterocycles. The number of aromatic nitrogens is 2. The lowest BCUT2D eigenvalue weighted by molar-refractivity contribution is -0.141. The molecule has 1 aromatic carbocycles. The van der Waals surface area contributed by atoms with Crippen LogP contribution in [0.3, 0.4) is 0 Å². The van der Waals surface area contributed by atoms with Crippen molar-refractivity contribution in [2.75, 3.05) is 0 Å². The van der Waals surface area contributed by atoms with Gasteiger partial charge in [-0.3, -0.25) is 4.79 Å². The Morgan fingerprint density at radius 2 is 2.10 bits per heavy atom. The van der Waals surface area contributed by atoms with Crippen molar-refractivity contribution in [1.29, 1.82) is 0 Å². The van der Waals surface area contributed by atoms with Crippen molar-refractivity contribution >= 4 is 16.9 Å². The number of aliphatic carboxylic acids is 1. The zero-order valence-electron chi connectivity index (χ0n) is 10.5. The minimum atomic E-state index is -4.44. The Balaban J connectivity index is 2.39. The van der Waals surface area contributed by atoms with Gasteiger partial charge in [0, 0.05) is 18.0 Å². The number of hydrogen-bond donors (Lipinski definition) is 1. The summed E-state index contributed by atoms with van der Waals surface area (Å²) in [6.45, 7) is 1.49. The van der Waals surface area contributed by atoms with E-state index in [2.05, 4.69) is 9.97 Å². The van der Waals surface area contributed by atoms with Gasteiger partial charge in [0.15, 0.2) is 0 Å². The molecule has 1 unspecified atom stereocenters. The number of fused-ring (bicyclic) bond motifs is 1. The fourth-order valence-electron chi connectivity index (χ4n) is 1.70. The van der Waals surface area contributed by atoms with Crippen molar-refractivity contribution in [1.82, 2.24) is 9.97 Å². The summed E-state index contributed by atoms with van der Waals surface area (Å²) in [7, 11) is 0. The fourth-order valence-corrected chi connectivity index (χ4v) is 1.70. The monoisotopic (exact) mass is 284 g/mol. The zero-order chi connectivity index (χ0) is 14.9. The Labute approximate surface area is 112 Å². The lowest BCUT2D eigenvalue weighted by atomic mass is 10.1. The highest BCUT2D eigenvalue weighted by molar-refractivity contribution is 5.78. The largest absolute Gasteiger partial charge is 0.481 e. The first kappa shape index (κ1) is 14.2. The standard InChI is InChI=1S/C13H11F3N2O2/c1-7(12(19)20)4-11-17-6-8-2-3-9(13(14,15)16)5-10(8)18-11/h2-3,5-7H,4H2,1H3,(H,19,20). The zero-order valence-corrected chi connectivity index (χ0v) is 10.5. The smallest absolute Gasteiger partial charge is 0.416 e. The van der Waals surface area contributed by atoms with E-state index in [4.69, 9.17) is 5.11 Å². The second-order valence-electron chi connectivity index (χ2n) is 4.50. The number of carboxylic acid groups (broad SMARTS) is 1. The van der Waals surface area contributed by atoms with Gasteiger partial charge in [-0.15, -0.1) is 0 Å². The SMILES string of the molecule is CC(Cc1ncc2ccc(C(F)(F)F)cc2n1)C(=O)O. The lowest BCUT2D eigenvalue weighted by Gasteiger charge is -2.09. The Morgan fingerprint density at radius 1 is 1.40 bits per heavy atom. The molecule has 2 rings (SSSR count). The first-order valence-electron chi connectivity index (χ1n) is 5.83. The van der Waals surface area contributed by atoms with E-state index in [1.54, 1.807) is 0 Å². The molecule has 0 saturated carbocycles. The molecular weight excluding hydrogens is 273 g/mol. The van der Waals surface area contributed by atoms with Crippen LogP contribution in [0.5, 0.6) is 0 Å². The molecule has 0 aliphatic heterocycles. The lowest BCUT2D eigenvalue weighted by Crippen LogP contribution is -2.14. The topological polar surface area (TPSA) is 63.1 Å². The van der Waals surface area contributed by atoms with E-state index in [-0.39, 0.29) is 17.8 Å². The fraction of sp³-hybridized carbons (Fsp3) is 0.308. The highest BCUT2D eigenvalue weighted by Crippen LogP contribution is 2.30. The predicted molar refractivity (Wildman–Crippen MR) is 65.0 cm³/mol. The van der Waals surface area contributed by atoms with E-state index in [1.165, 1.54) is 19.2 Å². The van der Waals surface area contributed by atoms with Gasteiger partial charge in [-0.25, -0.2) is 9.97 Å². The van der Waals surface area contributed by atoms with Gasteiger partial charge in [0.2, 0.25) is 0 Å². The third-order valence-electron chi connectivity index (χ3n) is 2.87. The van der Waals surface area contributed by atoms with E-state index < -0.39 is 23.6 Å². The van der Waals surface area contributed by atoms with E-state index in [0.29, 0.717) is 5.39 Å². The van der Waals surface area contributed by atoms with Gasteiger partial charge in [0.1, 0.15) is 5.82 Å². The van der Waals surface area contributed by atoms with Crippen LogP contribution in [0.15, 0.2) is 24.4 Å². The highest BCUT2D eigenvalue weighted by Gasteiger charge is 2.30. The van der Waals surface area contributed by atoms with E-state index in [1.807, 2.05) is 0 Å². The first-order chi connectivity index (χ1) is 9.27. The molecule has 0 bridgehead atoms. The molecule has 1 atom stereocenters. The second kappa shape index (κ2) is 5.07. The number of benzene rings is 1. The van der Waals surface area contributed by atoms with Crippen LogP contribution < -0.4 is 0 Å². The summed E-state index contributed by atoms with van der Waals surface area (Å²) in [5, 5.41) is 9.28. The molecule has 0 aliphatic carbocycles. The Kier molecular flexibility index (Phi) is 3.61. The molecule has 1 aromatic heterocycles. The van der Waals surface area contributed by atoms with Crippen LogP contribution in [0.4, 0.5) is 13.2 Å². The number of alkyl halides is 3. The summed E-state index contributed by atoms with van der Waals surface area (Å²) >= 11 is 0. The molecule has 20 heavy (non-hydrogen) atoms. The molecule has 7 heteroatoms. The van der Waals surface area contributed by atoms with Gasteiger partial charge in [-0.2, -0.15) is 13.2 Å². The summed E-state index contributed by atoms with van der Waals surface area (Å²) in [4.78, 5) is 18.7. The molecule has 0 saturated heterocycles. The van der Waals surface area contributed by atoms with Crippen LogP contribution in [-0.2, 0) is 17.4 Å². The molecule has 0 spiro atoms. The van der Waals surface area contributed by atoms with Crippen molar-refractivity contribution < 1.29 is 23.1 Å².